The highest BCUT2D eigenvalue weighted by molar-refractivity contribution is 5.83. The molecule has 1 aliphatic rings. The van der Waals surface area contributed by atoms with Crippen molar-refractivity contribution in [3.8, 4) is 6.07 Å². The molecule has 1 aromatic heterocycles. The van der Waals surface area contributed by atoms with Gasteiger partial charge in [0.2, 0.25) is 0 Å². The highest BCUT2D eigenvalue weighted by Gasteiger charge is 2.29. The molecule has 120 valence electrons. The molecule has 5 heteroatoms. The molecule has 1 aromatic rings. The second kappa shape index (κ2) is 7.10. The Kier molecular flexibility index (Phi) is 5.17. The van der Waals surface area contributed by atoms with Crippen molar-refractivity contribution in [1.29, 1.82) is 5.26 Å². The van der Waals surface area contributed by atoms with Gasteiger partial charge in [-0.3, -0.25) is 4.98 Å². The summed E-state index contributed by atoms with van der Waals surface area (Å²) >= 11 is 0. The number of nitrogens with zero attached hydrogens (tertiary/aromatic N) is 3. The molecule has 0 aromatic carbocycles. The number of amides is 2. The SMILES string of the molecule is C=C(c1cccnc1/C(C#N)=C\C)[C@H]1C[C@@H](C)CN(C(N)=O)C1. The van der Waals surface area contributed by atoms with Gasteiger partial charge >= 0.3 is 6.03 Å². The maximum atomic E-state index is 11.5. The summed E-state index contributed by atoms with van der Waals surface area (Å²) in [5, 5.41) is 9.30. The number of rotatable bonds is 3. The minimum absolute atomic E-state index is 0.117. The van der Waals surface area contributed by atoms with Crippen LogP contribution in [-0.2, 0) is 0 Å². The van der Waals surface area contributed by atoms with Crippen molar-refractivity contribution in [3.63, 3.8) is 0 Å². The van der Waals surface area contributed by atoms with Gasteiger partial charge in [-0.1, -0.05) is 25.6 Å². The number of allylic oxidation sites excluding steroid dienone is 2. The van der Waals surface area contributed by atoms with Gasteiger partial charge < -0.3 is 10.6 Å². The Balaban J connectivity index is 2.34. The van der Waals surface area contributed by atoms with Gasteiger partial charge in [0.15, 0.2) is 0 Å². The first-order valence-electron chi connectivity index (χ1n) is 7.73. The van der Waals surface area contributed by atoms with Gasteiger partial charge in [-0.2, -0.15) is 5.26 Å². The Morgan fingerprint density at radius 2 is 2.30 bits per heavy atom. The molecule has 2 amide bonds. The van der Waals surface area contributed by atoms with Crippen LogP contribution in [0.5, 0.6) is 0 Å². The third kappa shape index (κ3) is 3.59. The fourth-order valence-electron chi connectivity index (χ4n) is 3.14. The number of carbonyl (C=O) groups is 1. The fourth-order valence-corrected chi connectivity index (χ4v) is 3.14. The number of likely N-dealkylation sites (tertiary alicyclic amines) is 1. The summed E-state index contributed by atoms with van der Waals surface area (Å²) in [7, 11) is 0. The zero-order chi connectivity index (χ0) is 17.0. The van der Waals surface area contributed by atoms with Crippen molar-refractivity contribution in [1.82, 2.24) is 9.88 Å². The topological polar surface area (TPSA) is 83.0 Å². The van der Waals surface area contributed by atoms with Gasteiger partial charge in [0.1, 0.15) is 6.07 Å². The average molecular weight is 310 g/mol. The Bertz CT molecular complexity index is 687. The quantitative estimate of drug-likeness (QED) is 0.871. The summed E-state index contributed by atoms with van der Waals surface area (Å²) in [6, 6.07) is 5.55. The van der Waals surface area contributed by atoms with E-state index in [1.165, 1.54) is 0 Å². The second-order valence-electron chi connectivity index (χ2n) is 6.02. The maximum Gasteiger partial charge on any atom is 0.314 e. The molecule has 0 radical (unpaired) electrons. The smallest absolute Gasteiger partial charge is 0.314 e. The van der Waals surface area contributed by atoms with E-state index in [1.54, 1.807) is 17.2 Å². The molecule has 2 N–H and O–H groups in total. The van der Waals surface area contributed by atoms with E-state index in [9.17, 15) is 10.1 Å². The summed E-state index contributed by atoms with van der Waals surface area (Å²) in [4.78, 5) is 17.5. The summed E-state index contributed by atoms with van der Waals surface area (Å²) in [6.07, 6.45) is 4.36. The van der Waals surface area contributed by atoms with E-state index in [0.717, 1.165) is 17.6 Å². The molecule has 0 unspecified atom stereocenters. The first-order valence-corrected chi connectivity index (χ1v) is 7.73. The fraction of sp³-hybridized carbons (Fsp3) is 0.389. The lowest BCUT2D eigenvalue weighted by Crippen LogP contribution is -2.46. The predicted molar refractivity (Wildman–Crippen MR) is 91.0 cm³/mol. The third-order valence-corrected chi connectivity index (χ3v) is 4.28. The molecule has 1 fully saturated rings. The molecule has 5 nitrogen and oxygen atoms in total. The number of pyridine rings is 1. The molecule has 1 aliphatic heterocycles. The number of carbonyl (C=O) groups excluding carboxylic acids is 1. The minimum Gasteiger partial charge on any atom is -0.351 e. The lowest BCUT2D eigenvalue weighted by Gasteiger charge is -2.36. The van der Waals surface area contributed by atoms with Gasteiger partial charge in [-0.25, -0.2) is 4.79 Å². The maximum absolute atomic E-state index is 11.5. The van der Waals surface area contributed by atoms with Gasteiger partial charge in [0.25, 0.3) is 0 Å². The summed E-state index contributed by atoms with van der Waals surface area (Å²) in [6.45, 7) is 9.39. The lowest BCUT2D eigenvalue weighted by atomic mass is 9.82. The Morgan fingerprint density at radius 1 is 1.57 bits per heavy atom. The first-order chi connectivity index (χ1) is 11.0. The van der Waals surface area contributed by atoms with Gasteiger partial charge in [0.05, 0.1) is 11.3 Å². The Hall–Kier alpha value is -2.61. The summed E-state index contributed by atoms with van der Waals surface area (Å²) in [5.41, 5.74) is 8.38. The molecule has 0 aliphatic carbocycles. The van der Waals surface area contributed by atoms with Crippen LogP contribution in [0.4, 0.5) is 4.79 Å². The zero-order valence-electron chi connectivity index (χ0n) is 13.6. The number of piperidine rings is 1. The van der Waals surface area contributed by atoms with Crippen molar-refractivity contribution in [3.05, 3.63) is 42.2 Å². The van der Waals surface area contributed by atoms with Gasteiger partial charge in [-0.05, 0) is 30.9 Å². The molecule has 0 saturated carbocycles. The van der Waals surface area contributed by atoms with E-state index >= 15 is 0 Å². The minimum atomic E-state index is -0.396. The Morgan fingerprint density at radius 3 is 2.91 bits per heavy atom. The van der Waals surface area contributed by atoms with Crippen LogP contribution in [0, 0.1) is 23.2 Å². The number of hydrogen-bond donors (Lipinski definition) is 1. The van der Waals surface area contributed by atoms with Crippen molar-refractivity contribution in [2.75, 3.05) is 13.1 Å². The van der Waals surface area contributed by atoms with Crippen LogP contribution in [0.2, 0.25) is 0 Å². The molecule has 2 rings (SSSR count). The highest BCUT2D eigenvalue weighted by atomic mass is 16.2. The molecular weight excluding hydrogens is 288 g/mol. The number of nitrogens with two attached hydrogens (primary N) is 1. The van der Waals surface area contributed by atoms with Gasteiger partial charge in [-0.15, -0.1) is 0 Å². The molecule has 2 heterocycles. The second-order valence-corrected chi connectivity index (χ2v) is 6.02. The number of nitriles is 1. The third-order valence-electron chi connectivity index (χ3n) is 4.28. The Labute approximate surface area is 137 Å². The predicted octanol–water partition coefficient (Wildman–Crippen LogP) is 3.06. The average Bonchev–Trinajstić information content (AvgIpc) is 2.55. The van der Waals surface area contributed by atoms with Crippen molar-refractivity contribution >= 4 is 17.2 Å². The van der Waals surface area contributed by atoms with E-state index in [-0.39, 0.29) is 5.92 Å². The van der Waals surface area contributed by atoms with Crippen LogP contribution in [0.3, 0.4) is 0 Å². The van der Waals surface area contributed by atoms with Crippen LogP contribution >= 0.6 is 0 Å². The molecule has 0 spiro atoms. The number of primary amides is 1. The van der Waals surface area contributed by atoms with Crippen LogP contribution in [0.1, 0.15) is 31.5 Å². The molecule has 23 heavy (non-hydrogen) atoms. The van der Waals surface area contributed by atoms with E-state index in [2.05, 4.69) is 24.6 Å². The van der Waals surface area contributed by atoms with E-state index in [0.29, 0.717) is 30.3 Å². The van der Waals surface area contributed by atoms with Gasteiger partial charge in [0, 0.05) is 30.8 Å². The van der Waals surface area contributed by atoms with E-state index in [4.69, 9.17) is 5.73 Å². The van der Waals surface area contributed by atoms with Crippen LogP contribution in [0.15, 0.2) is 31.0 Å². The normalized spacial score (nSPS) is 21.6. The van der Waals surface area contributed by atoms with Crippen molar-refractivity contribution in [2.45, 2.75) is 20.3 Å². The molecule has 2 atom stereocenters. The van der Waals surface area contributed by atoms with E-state index < -0.39 is 6.03 Å². The zero-order valence-corrected chi connectivity index (χ0v) is 13.6. The first kappa shape index (κ1) is 16.8. The standard InChI is InChI=1S/C18H22N4O/c1-4-14(9-19)17-16(6-5-7-21-17)13(3)15-8-12(2)10-22(11-15)18(20)23/h4-7,12,15H,3,8,10-11H2,1-2H3,(H2,20,23)/b14-4-/t12-,15+/m1/s1. The molecule has 0 bridgehead atoms. The van der Waals surface area contributed by atoms with E-state index in [1.807, 2.05) is 19.1 Å². The molecule has 1 saturated heterocycles. The van der Waals surface area contributed by atoms with Crippen molar-refractivity contribution < 1.29 is 4.79 Å². The van der Waals surface area contributed by atoms with Crippen molar-refractivity contribution in [2.24, 2.45) is 17.6 Å². The summed E-state index contributed by atoms with van der Waals surface area (Å²) < 4.78 is 0. The van der Waals surface area contributed by atoms with Crippen LogP contribution in [-0.4, -0.2) is 29.0 Å². The molecular formula is C18H22N4O. The van der Waals surface area contributed by atoms with Crippen LogP contribution in [0.25, 0.3) is 11.1 Å². The number of urea groups is 1. The number of hydrogen-bond acceptors (Lipinski definition) is 3. The van der Waals surface area contributed by atoms with Crippen LogP contribution < -0.4 is 5.73 Å². The summed E-state index contributed by atoms with van der Waals surface area (Å²) in [5.74, 6) is 0.473. The lowest BCUT2D eigenvalue weighted by molar-refractivity contribution is 0.163. The monoisotopic (exact) mass is 310 g/mol. The largest absolute Gasteiger partial charge is 0.351 e. The number of aromatic nitrogens is 1. The highest BCUT2D eigenvalue weighted by Crippen LogP contribution is 2.34.